The average molecular weight is 267 g/mol. The number of rotatable bonds is 4. The second-order valence-electron chi connectivity index (χ2n) is 3.98. The fourth-order valence-corrected chi connectivity index (χ4v) is 1.64. The number of hydrogen-bond acceptors (Lipinski definition) is 5. The Morgan fingerprint density at radius 3 is 2.70 bits per heavy atom. The van der Waals surface area contributed by atoms with Crippen molar-refractivity contribution in [3.8, 4) is 17.3 Å². The maximum atomic E-state index is 11.3. The third kappa shape index (κ3) is 3.29. The van der Waals surface area contributed by atoms with Crippen molar-refractivity contribution in [1.29, 1.82) is 5.26 Å². The van der Waals surface area contributed by atoms with E-state index in [-0.39, 0.29) is 12.3 Å². The van der Waals surface area contributed by atoms with Crippen LogP contribution in [0.4, 0.5) is 11.6 Å². The standard InChI is InChI=1S/C14H13N5O/c1-16-14-17-9-7-12(19-14)10-2-4-11(5-3-10)18-13(20)6-8-15/h2-5,7,9H,6H2,1H3,(H,18,20)(H,16,17,19). The Kier molecular flexibility index (Phi) is 4.24. The molecule has 0 spiro atoms. The minimum absolute atomic E-state index is 0.154. The zero-order valence-electron chi connectivity index (χ0n) is 10.9. The van der Waals surface area contributed by atoms with Crippen LogP contribution in [0.3, 0.4) is 0 Å². The summed E-state index contributed by atoms with van der Waals surface area (Å²) >= 11 is 0. The molecule has 0 saturated heterocycles. The predicted octanol–water partition coefficient (Wildman–Crippen LogP) is 2.04. The normalized spacial score (nSPS) is 9.60. The van der Waals surface area contributed by atoms with E-state index in [1.165, 1.54) is 0 Å². The average Bonchev–Trinajstić information content (AvgIpc) is 2.48. The minimum Gasteiger partial charge on any atom is -0.357 e. The summed E-state index contributed by atoms with van der Waals surface area (Å²) in [5.41, 5.74) is 2.36. The lowest BCUT2D eigenvalue weighted by Gasteiger charge is -2.06. The van der Waals surface area contributed by atoms with Crippen molar-refractivity contribution in [2.45, 2.75) is 6.42 Å². The fraction of sp³-hybridized carbons (Fsp3) is 0.143. The van der Waals surface area contributed by atoms with Crippen molar-refractivity contribution in [1.82, 2.24) is 9.97 Å². The zero-order valence-corrected chi connectivity index (χ0v) is 10.9. The number of anilines is 2. The SMILES string of the molecule is CNc1nccc(-c2ccc(NC(=O)CC#N)cc2)n1. The molecule has 0 aliphatic carbocycles. The Labute approximate surface area is 116 Å². The van der Waals surface area contributed by atoms with Gasteiger partial charge < -0.3 is 10.6 Å². The van der Waals surface area contributed by atoms with E-state index < -0.39 is 0 Å². The molecule has 0 fully saturated rings. The zero-order chi connectivity index (χ0) is 14.4. The van der Waals surface area contributed by atoms with Gasteiger partial charge in [-0.15, -0.1) is 0 Å². The first-order valence-corrected chi connectivity index (χ1v) is 6.01. The van der Waals surface area contributed by atoms with Crippen LogP contribution < -0.4 is 10.6 Å². The lowest BCUT2D eigenvalue weighted by atomic mass is 10.1. The molecule has 0 atom stereocenters. The van der Waals surface area contributed by atoms with Crippen LogP contribution in [0.25, 0.3) is 11.3 Å². The van der Waals surface area contributed by atoms with Crippen LogP contribution >= 0.6 is 0 Å². The molecule has 20 heavy (non-hydrogen) atoms. The Bertz CT molecular complexity index is 645. The van der Waals surface area contributed by atoms with E-state index in [9.17, 15) is 4.79 Å². The van der Waals surface area contributed by atoms with Gasteiger partial charge in [-0.05, 0) is 18.2 Å². The van der Waals surface area contributed by atoms with Crippen LogP contribution in [0.2, 0.25) is 0 Å². The van der Waals surface area contributed by atoms with E-state index in [1.807, 2.05) is 18.2 Å². The molecule has 0 aliphatic rings. The summed E-state index contributed by atoms with van der Waals surface area (Å²) in [5, 5.41) is 13.9. The Hall–Kier alpha value is -2.94. The number of carbonyl (C=O) groups is 1. The molecular formula is C14H13N5O. The highest BCUT2D eigenvalue weighted by atomic mass is 16.1. The van der Waals surface area contributed by atoms with Gasteiger partial charge in [-0.2, -0.15) is 5.26 Å². The quantitative estimate of drug-likeness (QED) is 0.884. The van der Waals surface area contributed by atoms with E-state index >= 15 is 0 Å². The third-order valence-electron chi connectivity index (χ3n) is 2.58. The van der Waals surface area contributed by atoms with Crippen LogP contribution in [0.1, 0.15) is 6.42 Å². The molecule has 1 aromatic heterocycles. The van der Waals surface area contributed by atoms with Gasteiger partial charge in [0.25, 0.3) is 0 Å². The first-order valence-electron chi connectivity index (χ1n) is 6.01. The molecule has 1 heterocycles. The largest absolute Gasteiger partial charge is 0.357 e. The van der Waals surface area contributed by atoms with Gasteiger partial charge in [0.1, 0.15) is 6.42 Å². The molecule has 0 unspecified atom stereocenters. The van der Waals surface area contributed by atoms with Crippen molar-refractivity contribution >= 4 is 17.5 Å². The maximum Gasteiger partial charge on any atom is 0.238 e. The monoisotopic (exact) mass is 267 g/mol. The van der Waals surface area contributed by atoms with E-state index in [0.717, 1.165) is 11.3 Å². The predicted molar refractivity (Wildman–Crippen MR) is 75.9 cm³/mol. The molecule has 1 amide bonds. The summed E-state index contributed by atoms with van der Waals surface area (Å²) in [6.45, 7) is 0. The lowest BCUT2D eigenvalue weighted by molar-refractivity contribution is -0.115. The molecule has 0 bridgehead atoms. The second kappa shape index (κ2) is 6.29. The first kappa shape index (κ1) is 13.5. The van der Waals surface area contributed by atoms with E-state index in [4.69, 9.17) is 5.26 Å². The number of nitrogens with zero attached hydrogens (tertiary/aromatic N) is 3. The second-order valence-corrected chi connectivity index (χ2v) is 3.98. The summed E-state index contributed by atoms with van der Waals surface area (Å²) in [6, 6.07) is 10.9. The summed E-state index contributed by atoms with van der Waals surface area (Å²) in [7, 11) is 1.76. The molecule has 1 aromatic carbocycles. The molecular weight excluding hydrogens is 254 g/mol. The van der Waals surface area contributed by atoms with Gasteiger partial charge in [-0.3, -0.25) is 4.79 Å². The molecule has 6 nitrogen and oxygen atoms in total. The molecule has 0 saturated carbocycles. The number of amides is 1. The highest BCUT2D eigenvalue weighted by Gasteiger charge is 2.03. The lowest BCUT2D eigenvalue weighted by Crippen LogP contribution is -2.09. The minimum atomic E-state index is -0.320. The molecule has 2 N–H and O–H groups in total. The van der Waals surface area contributed by atoms with Gasteiger partial charge in [0.15, 0.2) is 0 Å². The van der Waals surface area contributed by atoms with Crippen molar-refractivity contribution < 1.29 is 4.79 Å². The summed E-state index contributed by atoms with van der Waals surface area (Å²) in [6.07, 6.45) is 1.52. The van der Waals surface area contributed by atoms with Crippen molar-refractivity contribution in [2.75, 3.05) is 17.7 Å². The van der Waals surface area contributed by atoms with E-state index in [1.54, 1.807) is 31.4 Å². The van der Waals surface area contributed by atoms with E-state index in [2.05, 4.69) is 20.6 Å². The van der Waals surface area contributed by atoms with E-state index in [0.29, 0.717) is 11.6 Å². The topological polar surface area (TPSA) is 90.7 Å². The maximum absolute atomic E-state index is 11.3. The molecule has 0 aliphatic heterocycles. The van der Waals surface area contributed by atoms with Gasteiger partial charge in [-0.1, -0.05) is 12.1 Å². The summed E-state index contributed by atoms with van der Waals surface area (Å²) in [4.78, 5) is 19.7. The van der Waals surface area contributed by atoms with Gasteiger partial charge in [0.2, 0.25) is 11.9 Å². The van der Waals surface area contributed by atoms with Crippen LogP contribution in [0.5, 0.6) is 0 Å². The molecule has 2 aromatic rings. The smallest absolute Gasteiger partial charge is 0.238 e. The van der Waals surface area contributed by atoms with Gasteiger partial charge in [0.05, 0.1) is 11.8 Å². The Morgan fingerprint density at radius 2 is 2.05 bits per heavy atom. The third-order valence-corrected chi connectivity index (χ3v) is 2.58. The Morgan fingerprint density at radius 1 is 1.30 bits per heavy atom. The van der Waals surface area contributed by atoms with Gasteiger partial charge in [0, 0.05) is 24.5 Å². The number of carbonyl (C=O) groups excluding carboxylic acids is 1. The fourth-order valence-electron chi connectivity index (χ4n) is 1.64. The van der Waals surface area contributed by atoms with Gasteiger partial charge in [-0.25, -0.2) is 9.97 Å². The number of aromatic nitrogens is 2. The number of nitrogens with one attached hydrogen (secondary N) is 2. The van der Waals surface area contributed by atoms with Crippen LogP contribution in [0, 0.1) is 11.3 Å². The molecule has 6 heteroatoms. The first-order chi connectivity index (χ1) is 9.72. The van der Waals surface area contributed by atoms with Crippen molar-refractivity contribution in [3.05, 3.63) is 36.5 Å². The van der Waals surface area contributed by atoms with Crippen molar-refractivity contribution in [2.24, 2.45) is 0 Å². The molecule has 0 radical (unpaired) electrons. The van der Waals surface area contributed by atoms with Crippen molar-refractivity contribution in [3.63, 3.8) is 0 Å². The molecule has 2 rings (SSSR count). The summed E-state index contributed by atoms with van der Waals surface area (Å²) < 4.78 is 0. The number of benzene rings is 1. The number of hydrogen-bond donors (Lipinski definition) is 2. The Balaban J connectivity index is 2.15. The highest BCUT2D eigenvalue weighted by Crippen LogP contribution is 2.20. The summed E-state index contributed by atoms with van der Waals surface area (Å²) in [5.74, 6) is 0.230. The number of nitriles is 1. The van der Waals surface area contributed by atoms with Crippen LogP contribution in [-0.4, -0.2) is 22.9 Å². The van der Waals surface area contributed by atoms with Crippen LogP contribution in [-0.2, 0) is 4.79 Å². The molecule has 100 valence electrons. The highest BCUT2D eigenvalue weighted by molar-refractivity contribution is 5.92. The van der Waals surface area contributed by atoms with Gasteiger partial charge >= 0.3 is 0 Å². The van der Waals surface area contributed by atoms with Crippen LogP contribution in [0.15, 0.2) is 36.5 Å².